The molecule has 3 aromatic rings. The molecule has 0 fully saturated rings. The van der Waals surface area contributed by atoms with E-state index < -0.39 is 11.8 Å². The molecule has 1 aromatic heterocycles. The minimum Gasteiger partial charge on any atom is -0.497 e. The highest BCUT2D eigenvalue weighted by molar-refractivity contribution is 6.43. The molecule has 0 saturated carbocycles. The van der Waals surface area contributed by atoms with Crippen LogP contribution in [-0.2, 0) is 16.0 Å². The lowest BCUT2D eigenvalue weighted by Crippen LogP contribution is -2.18. The summed E-state index contributed by atoms with van der Waals surface area (Å²) >= 11 is 5.95. The van der Waals surface area contributed by atoms with Crippen molar-refractivity contribution in [2.45, 2.75) is 6.42 Å². The number of esters is 1. The molecule has 3 rings (SSSR count). The summed E-state index contributed by atoms with van der Waals surface area (Å²) < 4.78 is 10.2. The van der Waals surface area contributed by atoms with Crippen molar-refractivity contribution < 1.29 is 19.1 Å². The van der Waals surface area contributed by atoms with E-state index in [1.165, 1.54) is 6.20 Å². The fourth-order valence-corrected chi connectivity index (χ4v) is 2.68. The summed E-state index contributed by atoms with van der Waals surface area (Å²) in [5, 5.41) is 1.10. The number of carbonyl (C=O) groups excluding carboxylic acids is 2. The molecule has 0 atom stereocenters. The van der Waals surface area contributed by atoms with Gasteiger partial charge in [-0.25, -0.2) is 4.79 Å². The zero-order chi connectivity index (χ0) is 17.8. The van der Waals surface area contributed by atoms with Gasteiger partial charge in [0.2, 0.25) is 0 Å². The predicted octanol–water partition coefficient (Wildman–Crippen LogP) is 3.80. The molecule has 0 spiro atoms. The van der Waals surface area contributed by atoms with Crippen LogP contribution in [0.1, 0.15) is 15.9 Å². The normalized spacial score (nSPS) is 10.6. The van der Waals surface area contributed by atoms with E-state index in [1.54, 1.807) is 25.3 Å². The summed E-state index contributed by atoms with van der Waals surface area (Å²) in [6.45, 7) is 0.125. The van der Waals surface area contributed by atoms with E-state index in [4.69, 9.17) is 21.1 Å². The van der Waals surface area contributed by atoms with Gasteiger partial charge in [-0.05, 0) is 35.9 Å². The highest BCUT2D eigenvalue weighted by atomic mass is 35.5. The SMILES string of the molecule is COc1ccc(CCOC(=O)C(=O)c2c[nH]c3ccc(Cl)cc23)cc1. The summed E-state index contributed by atoms with van der Waals surface area (Å²) in [5.41, 5.74) is 1.98. The Morgan fingerprint density at radius 1 is 1.12 bits per heavy atom. The molecule has 0 amide bonds. The number of hydrogen-bond acceptors (Lipinski definition) is 4. The lowest BCUT2D eigenvalue weighted by Gasteiger charge is -2.05. The van der Waals surface area contributed by atoms with Crippen molar-refractivity contribution >= 4 is 34.3 Å². The van der Waals surface area contributed by atoms with Crippen molar-refractivity contribution in [3.63, 3.8) is 0 Å². The van der Waals surface area contributed by atoms with Crippen molar-refractivity contribution in [3.05, 3.63) is 64.8 Å². The Balaban J connectivity index is 1.62. The smallest absolute Gasteiger partial charge is 0.379 e. The maximum atomic E-state index is 12.3. The van der Waals surface area contributed by atoms with Crippen LogP contribution in [0.5, 0.6) is 5.75 Å². The van der Waals surface area contributed by atoms with Crippen LogP contribution in [-0.4, -0.2) is 30.5 Å². The molecular weight excluding hydrogens is 342 g/mol. The van der Waals surface area contributed by atoms with Gasteiger partial charge in [0.05, 0.1) is 19.3 Å². The fourth-order valence-electron chi connectivity index (χ4n) is 2.51. The Kier molecular flexibility index (Phi) is 5.05. The van der Waals surface area contributed by atoms with Gasteiger partial charge in [0, 0.05) is 28.5 Å². The van der Waals surface area contributed by atoms with Crippen molar-refractivity contribution in [2.75, 3.05) is 13.7 Å². The molecule has 0 aliphatic rings. The first-order chi connectivity index (χ1) is 12.1. The topological polar surface area (TPSA) is 68.4 Å². The monoisotopic (exact) mass is 357 g/mol. The van der Waals surface area contributed by atoms with Crippen molar-refractivity contribution in [2.24, 2.45) is 0 Å². The zero-order valence-electron chi connectivity index (χ0n) is 13.5. The molecule has 0 saturated heterocycles. The van der Waals surface area contributed by atoms with E-state index in [0.717, 1.165) is 16.8 Å². The Bertz CT molecular complexity index is 915. The molecule has 5 nitrogen and oxygen atoms in total. The van der Waals surface area contributed by atoms with Crippen LogP contribution in [0.2, 0.25) is 5.02 Å². The molecule has 128 valence electrons. The van der Waals surface area contributed by atoms with Crippen molar-refractivity contribution in [1.29, 1.82) is 0 Å². The van der Waals surface area contributed by atoms with Gasteiger partial charge in [-0.3, -0.25) is 4.79 Å². The maximum absolute atomic E-state index is 12.3. The summed E-state index contributed by atoms with van der Waals surface area (Å²) in [6.07, 6.45) is 2.01. The molecule has 2 aromatic carbocycles. The second-order valence-electron chi connectivity index (χ2n) is 5.46. The lowest BCUT2D eigenvalue weighted by molar-refractivity contribution is -0.138. The number of carbonyl (C=O) groups is 2. The number of benzene rings is 2. The third kappa shape index (κ3) is 3.83. The van der Waals surface area contributed by atoms with Crippen molar-refractivity contribution in [1.82, 2.24) is 4.98 Å². The molecule has 0 unspecified atom stereocenters. The summed E-state index contributed by atoms with van der Waals surface area (Å²) in [7, 11) is 1.60. The average Bonchev–Trinajstić information content (AvgIpc) is 3.04. The van der Waals surface area contributed by atoms with Gasteiger partial charge in [-0.15, -0.1) is 0 Å². The summed E-state index contributed by atoms with van der Waals surface area (Å²) in [4.78, 5) is 27.3. The van der Waals surface area contributed by atoms with Crippen LogP contribution in [0.3, 0.4) is 0 Å². The third-order valence-electron chi connectivity index (χ3n) is 3.86. The number of methoxy groups -OCH3 is 1. The fraction of sp³-hybridized carbons (Fsp3) is 0.158. The Morgan fingerprint density at radius 2 is 1.88 bits per heavy atom. The lowest BCUT2D eigenvalue weighted by atomic mass is 10.1. The van der Waals surface area contributed by atoms with Crippen LogP contribution >= 0.6 is 11.6 Å². The van der Waals surface area contributed by atoms with E-state index in [1.807, 2.05) is 24.3 Å². The Morgan fingerprint density at radius 3 is 2.60 bits per heavy atom. The maximum Gasteiger partial charge on any atom is 0.379 e. The van der Waals surface area contributed by atoms with Crippen molar-refractivity contribution in [3.8, 4) is 5.75 Å². The molecule has 0 aliphatic heterocycles. The standard InChI is InChI=1S/C19H16ClNO4/c1-24-14-5-2-12(3-6-14)8-9-25-19(23)18(22)16-11-21-17-7-4-13(20)10-15(16)17/h2-7,10-11,21H,8-9H2,1H3. The number of Topliss-reactive ketones (excluding diaryl/α,β-unsaturated/α-hetero) is 1. The van der Waals surface area contributed by atoms with Gasteiger partial charge in [-0.1, -0.05) is 23.7 Å². The number of nitrogens with one attached hydrogen (secondary N) is 1. The Labute approximate surface area is 149 Å². The largest absolute Gasteiger partial charge is 0.497 e. The van der Waals surface area contributed by atoms with Crippen LogP contribution < -0.4 is 4.74 Å². The van der Waals surface area contributed by atoms with Crippen LogP contribution in [0.25, 0.3) is 10.9 Å². The minimum atomic E-state index is -0.880. The van der Waals surface area contributed by atoms with Gasteiger partial charge < -0.3 is 14.5 Å². The minimum absolute atomic E-state index is 0.125. The van der Waals surface area contributed by atoms with E-state index in [-0.39, 0.29) is 12.2 Å². The number of H-pyrrole nitrogens is 1. The first kappa shape index (κ1) is 17.0. The second kappa shape index (κ2) is 7.40. The number of ether oxygens (including phenoxy) is 2. The number of aromatic amines is 1. The molecule has 1 heterocycles. The average molecular weight is 358 g/mol. The summed E-state index contributed by atoms with van der Waals surface area (Å²) in [6, 6.07) is 12.5. The number of rotatable bonds is 6. The van der Waals surface area contributed by atoms with Gasteiger partial charge in [0.1, 0.15) is 5.75 Å². The van der Waals surface area contributed by atoms with Gasteiger partial charge in [-0.2, -0.15) is 0 Å². The molecule has 25 heavy (non-hydrogen) atoms. The quantitative estimate of drug-likeness (QED) is 0.414. The number of aromatic nitrogens is 1. The molecule has 0 radical (unpaired) electrons. The number of ketones is 1. The summed E-state index contributed by atoms with van der Waals surface area (Å²) in [5.74, 6) is -0.813. The number of hydrogen-bond donors (Lipinski definition) is 1. The molecule has 6 heteroatoms. The predicted molar refractivity (Wildman–Crippen MR) is 95.3 cm³/mol. The van der Waals surface area contributed by atoms with Gasteiger partial charge >= 0.3 is 5.97 Å². The van der Waals surface area contributed by atoms with E-state index in [2.05, 4.69) is 4.98 Å². The molecule has 0 aliphatic carbocycles. The van der Waals surface area contributed by atoms with E-state index in [0.29, 0.717) is 16.8 Å². The molecule has 0 bridgehead atoms. The number of fused-ring (bicyclic) bond motifs is 1. The first-order valence-electron chi connectivity index (χ1n) is 7.69. The Hall–Kier alpha value is -2.79. The first-order valence-corrected chi connectivity index (χ1v) is 8.07. The van der Waals surface area contributed by atoms with Gasteiger partial charge in [0.25, 0.3) is 5.78 Å². The van der Waals surface area contributed by atoms with Crippen LogP contribution in [0, 0.1) is 0 Å². The molecular formula is C19H16ClNO4. The highest BCUT2D eigenvalue weighted by Gasteiger charge is 2.21. The third-order valence-corrected chi connectivity index (χ3v) is 4.09. The zero-order valence-corrected chi connectivity index (χ0v) is 14.3. The van der Waals surface area contributed by atoms with E-state index >= 15 is 0 Å². The second-order valence-corrected chi connectivity index (χ2v) is 5.89. The number of halogens is 1. The van der Waals surface area contributed by atoms with E-state index in [9.17, 15) is 9.59 Å². The highest BCUT2D eigenvalue weighted by Crippen LogP contribution is 2.23. The van der Waals surface area contributed by atoms with Crippen LogP contribution in [0.15, 0.2) is 48.7 Å². The van der Waals surface area contributed by atoms with Crippen LogP contribution in [0.4, 0.5) is 0 Å². The van der Waals surface area contributed by atoms with Gasteiger partial charge in [0.15, 0.2) is 0 Å². The molecule has 1 N–H and O–H groups in total.